The van der Waals surface area contributed by atoms with E-state index in [1.54, 1.807) is 0 Å². The maximum atomic E-state index is 13.0. The number of rotatable bonds is 3. The fourth-order valence-corrected chi connectivity index (χ4v) is 2.93. The maximum Gasteiger partial charge on any atom is 0.253 e. The van der Waals surface area contributed by atoms with Crippen molar-refractivity contribution < 1.29 is 4.79 Å². The van der Waals surface area contributed by atoms with Crippen molar-refractivity contribution in [1.29, 1.82) is 0 Å². The summed E-state index contributed by atoms with van der Waals surface area (Å²) in [6, 6.07) is 12.3. The lowest BCUT2D eigenvalue weighted by Gasteiger charge is -2.23. The zero-order valence-electron chi connectivity index (χ0n) is 13.7. The number of nitrogens with zero attached hydrogens (tertiary/aromatic N) is 2. The van der Waals surface area contributed by atoms with Crippen molar-refractivity contribution in [2.75, 3.05) is 4.90 Å². The minimum absolute atomic E-state index is 0.0488. The summed E-state index contributed by atoms with van der Waals surface area (Å²) in [6.45, 7) is 5.21. The second-order valence-corrected chi connectivity index (χ2v) is 6.25. The van der Waals surface area contributed by atoms with Crippen molar-refractivity contribution in [3.8, 4) is 0 Å². The number of anilines is 1. The van der Waals surface area contributed by atoms with E-state index in [9.17, 15) is 4.79 Å². The number of carbonyl (C=O) groups is 1. The number of benzene rings is 1. The molecule has 2 aromatic rings. The SMILES string of the molecule is C/C(=C\CC(C)N)C(=O)N1Cc2cccn2Cc2ccccc21. The Balaban J connectivity index is 1.97. The van der Waals surface area contributed by atoms with Gasteiger partial charge in [0.25, 0.3) is 5.91 Å². The highest BCUT2D eigenvalue weighted by atomic mass is 16.2. The Hall–Kier alpha value is -2.33. The van der Waals surface area contributed by atoms with Crippen molar-refractivity contribution in [2.24, 2.45) is 5.73 Å². The molecule has 0 aliphatic carbocycles. The normalized spacial score (nSPS) is 15.6. The lowest BCUT2D eigenvalue weighted by molar-refractivity contribution is -0.115. The molecule has 1 unspecified atom stereocenters. The summed E-state index contributed by atoms with van der Waals surface area (Å²) < 4.78 is 2.20. The van der Waals surface area contributed by atoms with Gasteiger partial charge in [-0.2, -0.15) is 0 Å². The molecule has 120 valence electrons. The van der Waals surface area contributed by atoms with E-state index in [-0.39, 0.29) is 11.9 Å². The monoisotopic (exact) mass is 309 g/mol. The quantitative estimate of drug-likeness (QED) is 0.886. The van der Waals surface area contributed by atoms with E-state index in [1.165, 1.54) is 0 Å². The van der Waals surface area contributed by atoms with Crippen LogP contribution in [-0.4, -0.2) is 16.5 Å². The molecule has 0 bridgehead atoms. The Labute approximate surface area is 137 Å². The molecule has 1 aliphatic heterocycles. The first-order valence-electron chi connectivity index (χ1n) is 8.02. The molecule has 4 heteroatoms. The second kappa shape index (κ2) is 6.42. The van der Waals surface area contributed by atoms with Crippen molar-refractivity contribution >= 4 is 11.6 Å². The summed E-state index contributed by atoms with van der Waals surface area (Å²) in [6.07, 6.45) is 4.72. The number of para-hydroxylation sites is 1. The fourth-order valence-electron chi connectivity index (χ4n) is 2.93. The number of fused-ring (bicyclic) bond motifs is 2. The summed E-state index contributed by atoms with van der Waals surface area (Å²) in [5.41, 5.74) is 9.85. The first-order chi connectivity index (χ1) is 11.1. The molecule has 0 saturated carbocycles. The Morgan fingerprint density at radius 1 is 1.26 bits per heavy atom. The largest absolute Gasteiger partial charge is 0.345 e. The van der Waals surface area contributed by atoms with Crippen LogP contribution in [0.15, 0.2) is 54.2 Å². The Bertz CT molecular complexity index is 743. The predicted octanol–water partition coefficient (Wildman–Crippen LogP) is 3.07. The Morgan fingerprint density at radius 3 is 2.83 bits per heavy atom. The minimum Gasteiger partial charge on any atom is -0.345 e. The third kappa shape index (κ3) is 3.22. The van der Waals surface area contributed by atoms with Gasteiger partial charge in [-0.05, 0) is 44.0 Å². The molecule has 0 fully saturated rings. The first kappa shape index (κ1) is 15.6. The molecule has 23 heavy (non-hydrogen) atoms. The van der Waals surface area contributed by atoms with Crippen LogP contribution in [0.2, 0.25) is 0 Å². The van der Waals surface area contributed by atoms with Crippen LogP contribution in [0.4, 0.5) is 5.69 Å². The van der Waals surface area contributed by atoms with Gasteiger partial charge in [0.15, 0.2) is 0 Å². The van der Waals surface area contributed by atoms with E-state index in [4.69, 9.17) is 5.73 Å². The molecular formula is C19H23N3O. The van der Waals surface area contributed by atoms with Gasteiger partial charge >= 0.3 is 0 Å². The predicted molar refractivity (Wildman–Crippen MR) is 93.2 cm³/mol. The van der Waals surface area contributed by atoms with Gasteiger partial charge in [0.1, 0.15) is 0 Å². The lowest BCUT2D eigenvalue weighted by Crippen LogP contribution is -2.31. The van der Waals surface area contributed by atoms with Crippen LogP contribution in [0, 0.1) is 0 Å². The van der Waals surface area contributed by atoms with Crippen LogP contribution < -0.4 is 10.6 Å². The molecule has 1 aliphatic rings. The van der Waals surface area contributed by atoms with Crippen LogP contribution in [0.1, 0.15) is 31.5 Å². The van der Waals surface area contributed by atoms with E-state index < -0.39 is 0 Å². The molecule has 3 rings (SSSR count). The molecule has 1 amide bonds. The first-order valence-corrected chi connectivity index (χ1v) is 8.02. The van der Waals surface area contributed by atoms with Crippen molar-refractivity contribution in [3.05, 3.63) is 65.5 Å². The summed E-state index contributed by atoms with van der Waals surface area (Å²) in [7, 11) is 0. The van der Waals surface area contributed by atoms with E-state index in [1.807, 2.05) is 49.1 Å². The number of aromatic nitrogens is 1. The van der Waals surface area contributed by atoms with Crippen LogP contribution in [0.3, 0.4) is 0 Å². The molecule has 1 aromatic carbocycles. The van der Waals surface area contributed by atoms with Crippen molar-refractivity contribution in [1.82, 2.24) is 4.57 Å². The highest BCUT2D eigenvalue weighted by Crippen LogP contribution is 2.28. The van der Waals surface area contributed by atoms with E-state index in [2.05, 4.69) is 22.9 Å². The van der Waals surface area contributed by atoms with Crippen LogP contribution >= 0.6 is 0 Å². The highest BCUT2D eigenvalue weighted by Gasteiger charge is 2.24. The molecule has 2 N–H and O–H groups in total. The summed E-state index contributed by atoms with van der Waals surface area (Å²) >= 11 is 0. The summed E-state index contributed by atoms with van der Waals surface area (Å²) in [5, 5.41) is 0. The second-order valence-electron chi connectivity index (χ2n) is 6.25. The molecular weight excluding hydrogens is 286 g/mol. The van der Waals surface area contributed by atoms with E-state index in [0.29, 0.717) is 13.0 Å². The zero-order valence-corrected chi connectivity index (χ0v) is 13.7. The fraction of sp³-hybridized carbons (Fsp3) is 0.316. The number of amides is 1. The van der Waals surface area contributed by atoms with Gasteiger partial charge in [-0.1, -0.05) is 24.3 Å². The third-order valence-corrected chi connectivity index (χ3v) is 4.25. The lowest BCUT2D eigenvalue weighted by atomic mass is 10.1. The van der Waals surface area contributed by atoms with Gasteiger partial charge in [-0.3, -0.25) is 4.79 Å². The number of hydrogen-bond donors (Lipinski definition) is 1. The molecule has 1 aromatic heterocycles. The number of carbonyl (C=O) groups excluding carboxylic acids is 1. The Morgan fingerprint density at radius 2 is 2.04 bits per heavy atom. The van der Waals surface area contributed by atoms with Gasteiger partial charge in [-0.25, -0.2) is 0 Å². The number of hydrogen-bond acceptors (Lipinski definition) is 2. The van der Waals surface area contributed by atoms with Gasteiger partial charge in [0, 0.05) is 35.7 Å². The maximum absolute atomic E-state index is 13.0. The Kier molecular flexibility index (Phi) is 4.35. The van der Waals surface area contributed by atoms with Gasteiger partial charge < -0.3 is 15.2 Å². The summed E-state index contributed by atoms with van der Waals surface area (Å²) in [5.74, 6) is 0.0488. The van der Waals surface area contributed by atoms with Gasteiger partial charge in [-0.15, -0.1) is 0 Å². The molecule has 0 radical (unpaired) electrons. The zero-order chi connectivity index (χ0) is 16.4. The molecule has 4 nitrogen and oxygen atoms in total. The topological polar surface area (TPSA) is 51.3 Å². The molecule has 0 saturated heterocycles. The van der Waals surface area contributed by atoms with Gasteiger partial charge in [0.2, 0.25) is 0 Å². The smallest absolute Gasteiger partial charge is 0.253 e. The average Bonchev–Trinajstić information content (AvgIpc) is 2.91. The van der Waals surface area contributed by atoms with Crippen molar-refractivity contribution in [3.63, 3.8) is 0 Å². The molecule has 1 atom stereocenters. The van der Waals surface area contributed by atoms with Crippen LogP contribution in [0.5, 0.6) is 0 Å². The number of nitrogens with two attached hydrogens (primary N) is 1. The summed E-state index contributed by atoms with van der Waals surface area (Å²) in [4.78, 5) is 14.8. The van der Waals surface area contributed by atoms with Crippen LogP contribution in [-0.2, 0) is 17.9 Å². The third-order valence-electron chi connectivity index (χ3n) is 4.25. The van der Waals surface area contributed by atoms with E-state index >= 15 is 0 Å². The highest BCUT2D eigenvalue weighted by molar-refractivity contribution is 6.05. The van der Waals surface area contributed by atoms with E-state index in [0.717, 1.165) is 29.1 Å². The minimum atomic E-state index is 0.0488. The molecule has 2 heterocycles. The standard InChI is InChI=1S/C19H23N3O/c1-14(9-10-15(2)20)19(23)22-13-17-7-5-11-21(17)12-16-6-3-4-8-18(16)22/h3-9,11,15H,10,12-13,20H2,1-2H3/b14-9+. The van der Waals surface area contributed by atoms with Gasteiger partial charge in [0.05, 0.1) is 6.54 Å². The average molecular weight is 309 g/mol. The van der Waals surface area contributed by atoms with Crippen LogP contribution in [0.25, 0.3) is 0 Å². The molecule has 0 spiro atoms. The van der Waals surface area contributed by atoms with Crippen molar-refractivity contribution in [2.45, 2.75) is 39.4 Å².